The molecule has 0 bridgehead atoms. The van der Waals surface area contributed by atoms with Crippen molar-refractivity contribution in [3.8, 4) is 11.4 Å². The number of rotatable bonds is 8. The summed E-state index contributed by atoms with van der Waals surface area (Å²) in [5, 5.41) is 7.87. The van der Waals surface area contributed by atoms with Gasteiger partial charge in [0, 0.05) is 43.0 Å². The molecule has 3 heterocycles. The Labute approximate surface area is 197 Å². The first-order valence-corrected chi connectivity index (χ1v) is 12.5. The maximum absolute atomic E-state index is 13.4. The van der Waals surface area contributed by atoms with Crippen molar-refractivity contribution in [1.29, 1.82) is 0 Å². The van der Waals surface area contributed by atoms with Crippen molar-refractivity contribution < 1.29 is 13.2 Å². The number of sulfonamides is 1. The van der Waals surface area contributed by atoms with E-state index in [-0.39, 0.29) is 17.3 Å². The van der Waals surface area contributed by atoms with E-state index in [1.165, 1.54) is 26.4 Å². The van der Waals surface area contributed by atoms with Crippen LogP contribution in [0.25, 0.3) is 11.4 Å². The van der Waals surface area contributed by atoms with E-state index in [4.69, 9.17) is 16.3 Å². The Morgan fingerprint density at radius 1 is 1.18 bits per heavy atom. The average Bonchev–Trinajstić information content (AvgIpc) is 3.17. The fraction of sp³-hybridized carbons (Fsp3) is 0.476. The summed E-state index contributed by atoms with van der Waals surface area (Å²) in [6, 6.07) is 1.95. The number of hydrogen-bond donors (Lipinski definition) is 1. The number of nitrogens with zero attached hydrogens (tertiary/aromatic N) is 6. The lowest BCUT2D eigenvalue weighted by molar-refractivity contribution is 0.0950. The van der Waals surface area contributed by atoms with E-state index in [0.717, 1.165) is 30.4 Å². The molecule has 0 amide bonds. The van der Waals surface area contributed by atoms with Crippen LogP contribution in [-0.2, 0) is 20.3 Å². The molecule has 4 rings (SSSR count). The first-order chi connectivity index (χ1) is 15.6. The van der Waals surface area contributed by atoms with Gasteiger partial charge in [-0.15, -0.1) is 10.2 Å². The highest BCUT2D eigenvalue weighted by Gasteiger charge is 2.40. The lowest BCUT2D eigenvalue weighted by Crippen LogP contribution is -2.40. The van der Waals surface area contributed by atoms with Gasteiger partial charge in [0.05, 0.1) is 5.02 Å². The molecule has 0 radical (unpaired) electrons. The summed E-state index contributed by atoms with van der Waals surface area (Å²) >= 11 is 5.86. The largest absolute Gasteiger partial charge is 0.372 e. The predicted octanol–water partition coefficient (Wildman–Crippen LogP) is 3.51. The number of anilines is 1. The highest BCUT2D eigenvalue weighted by molar-refractivity contribution is 7.93. The minimum Gasteiger partial charge on any atom is -0.372 e. The molecule has 3 aromatic heterocycles. The minimum atomic E-state index is -3.95. The molecular weight excluding hydrogens is 466 g/mol. The normalized spacial score (nSPS) is 17.2. The number of ether oxygens (including phenoxy) is 1. The molecule has 0 aromatic carbocycles. The summed E-state index contributed by atoms with van der Waals surface area (Å²) in [4.78, 5) is 12.5. The third-order valence-electron chi connectivity index (χ3n) is 6.06. The number of halogens is 1. The van der Waals surface area contributed by atoms with Crippen molar-refractivity contribution in [3.63, 3.8) is 0 Å². The van der Waals surface area contributed by atoms with Gasteiger partial charge in [-0.3, -0.25) is 14.3 Å². The molecule has 0 spiro atoms. The summed E-state index contributed by atoms with van der Waals surface area (Å²) < 4.78 is 36.7. The molecule has 0 aliphatic heterocycles. The Morgan fingerprint density at radius 3 is 2.45 bits per heavy atom. The average molecular weight is 492 g/mol. The Bertz CT molecular complexity index is 1240. The van der Waals surface area contributed by atoms with Crippen molar-refractivity contribution in [2.45, 2.75) is 56.9 Å². The number of hydrogen-bond acceptors (Lipinski definition) is 8. The van der Waals surface area contributed by atoms with Crippen molar-refractivity contribution in [2.24, 2.45) is 0 Å². The van der Waals surface area contributed by atoms with Crippen molar-refractivity contribution in [2.75, 3.05) is 11.8 Å². The molecule has 1 N–H and O–H groups in total. The molecule has 2 atom stereocenters. The Balaban J connectivity index is 1.70. The monoisotopic (exact) mass is 491 g/mol. The second-order valence-electron chi connectivity index (χ2n) is 8.55. The van der Waals surface area contributed by atoms with E-state index in [0.29, 0.717) is 10.8 Å². The van der Waals surface area contributed by atoms with E-state index in [1.54, 1.807) is 12.4 Å². The van der Waals surface area contributed by atoms with Gasteiger partial charge >= 0.3 is 0 Å². The van der Waals surface area contributed by atoms with Gasteiger partial charge in [-0.2, -0.15) is 0 Å². The van der Waals surface area contributed by atoms with E-state index in [2.05, 4.69) is 36.8 Å². The molecule has 12 heteroatoms. The van der Waals surface area contributed by atoms with Crippen LogP contribution in [0.3, 0.4) is 0 Å². The lowest BCUT2D eigenvalue weighted by Gasteiger charge is -2.41. The SMILES string of the molecule is CO[C@H](c1ncc(Cl)cn1)[C@H](C)S(=O)(=O)Nc1nnc(-c2cncc(C)c2)n1C1(C)CCC1. The summed E-state index contributed by atoms with van der Waals surface area (Å²) in [6.07, 6.45) is 8.18. The Hall–Kier alpha value is -2.63. The molecule has 33 heavy (non-hydrogen) atoms. The molecule has 1 fully saturated rings. The Kier molecular flexibility index (Phi) is 6.39. The molecule has 1 aliphatic carbocycles. The van der Waals surface area contributed by atoms with Crippen molar-refractivity contribution in [1.82, 2.24) is 29.7 Å². The van der Waals surface area contributed by atoms with Gasteiger partial charge in [0.15, 0.2) is 11.6 Å². The standard InChI is InChI=1S/C21H26ClN7O3S/c1-13-8-15(10-23-9-13)19-26-27-20(29(19)21(3)6-5-7-21)28-33(30,31)14(2)17(32-4)18-24-11-16(22)12-25-18/h8-12,14,17H,5-7H2,1-4H3,(H,27,28)/t14-,17-/m0/s1. The molecule has 3 aromatic rings. The van der Waals surface area contributed by atoms with Crippen LogP contribution in [0, 0.1) is 6.92 Å². The maximum atomic E-state index is 13.4. The number of aryl methyl sites for hydroxylation is 1. The molecule has 0 saturated heterocycles. The van der Waals surface area contributed by atoms with E-state index in [9.17, 15) is 8.42 Å². The zero-order valence-corrected chi connectivity index (χ0v) is 20.4. The molecule has 176 valence electrons. The van der Waals surface area contributed by atoms with Gasteiger partial charge < -0.3 is 4.74 Å². The van der Waals surface area contributed by atoms with Gasteiger partial charge in [-0.05, 0) is 51.7 Å². The fourth-order valence-corrected chi connectivity index (χ4v) is 5.23. The number of pyridine rings is 1. The highest BCUT2D eigenvalue weighted by Crippen LogP contribution is 2.43. The summed E-state index contributed by atoms with van der Waals surface area (Å²) in [5.74, 6) is 0.953. The molecule has 1 saturated carbocycles. The van der Waals surface area contributed by atoms with E-state index in [1.807, 2.05) is 17.6 Å². The van der Waals surface area contributed by atoms with Crippen molar-refractivity contribution >= 4 is 27.6 Å². The summed E-state index contributed by atoms with van der Waals surface area (Å²) in [7, 11) is -2.54. The third-order valence-corrected chi connectivity index (χ3v) is 7.95. The Morgan fingerprint density at radius 2 is 1.88 bits per heavy atom. The van der Waals surface area contributed by atoms with Crippen LogP contribution in [-0.4, -0.2) is 50.5 Å². The van der Waals surface area contributed by atoms with Crippen LogP contribution >= 0.6 is 11.6 Å². The van der Waals surface area contributed by atoms with Gasteiger partial charge in [0.25, 0.3) is 0 Å². The summed E-state index contributed by atoms with van der Waals surface area (Å²) in [6.45, 7) is 5.55. The van der Waals surface area contributed by atoms with E-state index >= 15 is 0 Å². The predicted molar refractivity (Wildman–Crippen MR) is 124 cm³/mol. The number of nitrogens with one attached hydrogen (secondary N) is 1. The smallest absolute Gasteiger partial charge is 0.240 e. The van der Waals surface area contributed by atoms with Crippen LogP contribution in [0.15, 0.2) is 30.9 Å². The minimum absolute atomic E-state index is 0.160. The van der Waals surface area contributed by atoms with Crippen LogP contribution in [0.4, 0.5) is 5.95 Å². The van der Waals surface area contributed by atoms with Gasteiger partial charge in [0.2, 0.25) is 16.0 Å². The van der Waals surface area contributed by atoms with Crippen LogP contribution < -0.4 is 4.72 Å². The topological polar surface area (TPSA) is 125 Å². The van der Waals surface area contributed by atoms with E-state index < -0.39 is 21.4 Å². The number of methoxy groups -OCH3 is 1. The fourth-order valence-electron chi connectivity index (χ4n) is 4.00. The van der Waals surface area contributed by atoms with Crippen LogP contribution in [0.2, 0.25) is 5.02 Å². The van der Waals surface area contributed by atoms with Crippen LogP contribution in [0.1, 0.15) is 50.6 Å². The maximum Gasteiger partial charge on any atom is 0.240 e. The summed E-state index contributed by atoms with van der Waals surface area (Å²) in [5.41, 5.74) is 1.45. The van der Waals surface area contributed by atoms with Gasteiger partial charge in [-0.25, -0.2) is 18.4 Å². The zero-order chi connectivity index (χ0) is 23.8. The molecule has 10 nitrogen and oxygen atoms in total. The number of aromatic nitrogens is 6. The molecule has 1 aliphatic rings. The quantitative estimate of drug-likeness (QED) is 0.507. The first-order valence-electron chi connectivity index (χ1n) is 10.5. The second-order valence-corrected chi connectivity index (χ2v) is 11.0. The second kappa shape index (κ2) is 8.96. The third kappa shape index (κ3) is 4.57. The van der Waals surface area contributed by atoms with Gasteiger partial charge in [-0.1, -0.05) is 11.6 Å². The molecule has 0 unspecified atom stereocenters. The lowest BCUT2D eigenvalue weighted by atomic mass is 9.78. The highest BCUT2D eigenvalue weighted by atomic mass is 35.5. The zero-order valence-electron chi connectivity index (χ0n) is 18.9. The van der Waals surface area contributed by atoms with Crippen LogP contribution in [0.5, 0.6) is 0 Å². The van der Waals surface area contributed by atoms with Gasteiger partial charge in [0.1, 0.15) is 11.4 Å². The van der Waals surface area contributed by atoms with Crippen molar-refractivity contribution in [3.05, 3.63) is 47.3 Å². The molecular formula is C21H26ClN7O3S. The first kappa shape index (κ1) is 23.5.